The molecule has 0 saturated heterocycles. The number of quaternary nitrogens is 3. The Morgan fingerprint density at radius 2 is 0.721 bits per heavy atom. The maximum atomic E-state index is 12.1. The molecule has 0 aliphatic heterocycles. The molecule has 0 bridgehead atoms. The van der Waals surface area contributed by atoms with Crippen LogP contribution in [0.25, 0.3) is 0 Å². The highest BCUT2D eigenvalue weighted by Crippen LogP contribution is 2.36. The van der Waals surface area contributed by atoms with E-state index in [1.54, 1.807) is 30.4 Å². The van der Waals surface area contributed by atoms with Crippen LogP contribution < -0.4 is 81.3 Å². The van der Waals surface area contributed by atoms with Gasteiger partial charge in [0.15, 0.2) is 0 Å². The first-order valence-corrected chi connectivity index (χ1v) is 40.3. The van der Waals surface area contributed by atoms with Crippen LogP contribution in [-0.4, -0.2) is 156 Å². The molecule has 3 aliphatic carbocycles. The summed E-state index contributed by atoms with van der Waals surface area (Å²) in [6.07, 6.45) is 42.2. The van der Waals surface area contributed by atoms with Crippen molar-refractivity contribution in [3.63, 3.8) is 0 Å². The lowest BCUT2D eigenvalue weighted by Gasteiger charge is -2.18. The monoisotopic (exact) mass is 1580 g/mol. The second kappa shape index (κ2) is 68.2. The predicted octanol–water partition coefficient (Wildman–Crippen LogP) is -5.96. The van der Waals surface area contributed by atoms with Crippen LogP contribution in [0.3, 0.4) is 0 Å². The molecule has 30 nitrogen and oxygen atoms in total. The van der Waals surface area contributed by atoms with Crippen LogP contribution in [-0.2, 0) is 43.2 Å². The Hall–Kier alpha value is -7.42. The number of Topliss-reactive ketones (excluding diaryl/α,β-unsaturated/α-hetero) is 3. The predicted molar refractivity (Wildman–Crippen MR) is 407 cm³/mol. The Morgan fingerprint density at radius 1 is 0.405 bits per heavy atom. The molecule has 0 spiro atoms. The molecule has 30 heteroatoms. The lowest BCUT2D eigenvalue weighted by Crippen LogP contribution is -2.68. The van der Waals surface area contributed by atoms with Gasteiger partial charge >= 0.3 is 0 Å². The van der Waals surface area contributed by atoms with E-state index in [0.717, 1.165) is 116 Å². The van der Waals surface area contributed by atoms with Crippen molar-refractivity contribution in [3.05, 3.63) is 60.8 Å². The first kappa shape index (κ1) is 108. The number of carbonyl (C=O) groups excluding carboxylic acids is 9. The average Bonchev–Trinajstić information content (AvgIpc) is 1.71. The summed E-state index contributed by atoms with van der Waals surface area (Å²) in [6.45, 7) is 6.34. The van der Waals surface area contributed by atoms with Crippen LogP contribution in [0.4, 0.5) is 0 Å². The Bertz CT molecular complexity index is 2710. The third-order valence-corrected chi connectivity index (χ3v) is 19.3. The van der Waals surface area contributed by atoms with Crippen molar-refractivity contribution >= 4 is 70.7 Å². The van der Waals surface area contributed by atoms with Crippen LogP contribution in [0.2, 0.25) is 0 Å². The Balaban J connectivity index is -0.00000130. The van der Waals surface area contributed by atoms with E-state index in [1.165, 1.54) is 0 Å². The van der Waals surface area contributed by atoms with E-state index in [1.807, 2.05) is 30.4 Å². The summed E-state index contributed by atoms with van der Waals surface area (Å²) in [5.41, 5.74) is 25.9. The van der Waals surface area contributed by atoms with Gasteiger partial charge in [0.1, 0.15) is 35.5 Å². The second-order valence-corrected chi connectivity index (χ2v) is 29.4. The van der Waals surface area contributed by atoms with Gasteiger partial charge in [0, 0.05) is 111 Å². The minimum Gasteiger partial charge on any atom is -0.550 e. The highest BCUT2D eigenvalue weighted by molar-refractivity contribution is 5.86. The molecule has 638 valence electrons. The fourth-order valence-electron chi connectivity index (χ4n) is 12.5. The fourth-order valence-corrected chi connectivity index (χ4v) is 12.5. The molecule has 3 aliphatic rings. The van der Waals surface area contributed by atoms with E-state index in [4.69, 9.17) is 33.4 Å². The van der Waals surface area contributed by atoms with Crippen LogP contribution >= 0.6 is 0 Å². The van der Waals surface area contributed by atoms with Gasteiger partial charge in [-0.25, -0.2) is 0 Å². The largest absolute Gasteiger partial charge is 0.550 e. The van der Waals surface area contributed by atoms with Gasteiger partial charge in [-0.3, -0.25) is 47.8 Å². The number of nitrogens with two attached hydrogens (primary N) is 6. The molecule has 0 radical (unpaired) electrons. The van der Waals surface area contributed by atoms with Crippen molar-refractivity contribution in [1.82, 2.24) is 0 Å². The Kier molecular flexibility index (Phi) is 66.2. The number of rotatable bonds is 55. The van der Waals surface area contributed by atoms with Crippen LogP contribution in [0.15, 0.2) is 60.8 Å². The van der Waals surface area contributed by atoms with Crippen molar-refractivity contribution in [2.45, 2.75) is 339 Å². The molecule has 0 amide bonds. The third-order valence-electron chi connectivity index (χ3n) is 19.3. The molecule has 3 fully saturated rings. The van der Waals surface area contributed by atoms with E-state index in [2.05, 4.69) is 38.0 Å². The number of unbranched alkanes of at least 4 members (excludes halogenated alkanes) is 14. The van der Waals surface area contributed by atoms with Crippen LogP contribution in [0.1, 0.15) is 284 Å². The van der Waals surface area contributed by atoms with Gasteiger partial charge in [-0.05, 0) is 128 Å². The van der Waals surface area contributed by atoms with Crippen molar-refractivity contribution < 1.29 is 138 Å². The van der Waals surface area contributed by atoms with Gasteiger partial charge in [-0.1, -0.05) is 159 Å². The Labute approximate surface area is 658 Å². The number of amidine groups is 3. The minimum absolute atomic E-state index is 0.0138. The molecule has 3 rings (SSSR count). The van der Waals surface area contributed by atoms with E-state index in [9.17, 15) is 104 Å². The molecular weight excluding hydrogens is 1430 g/mol. The molecule has 3 saturated carbocycles. The molecule has 0 aromatic rings. The third kappa shape index (κ3) is 60.9. The molecular formula is C81H143N9O21. The van der Waals surface area contributed by atoms with Gasteiger partial charge < -0.3 is 107 Å². The SMILES string of the molecule is CCCCC[C@H](O)/C=C/[C@H]1C(=O)C[C@H](O)[C@@H]1C/C=C\CCCC(=O)[O-].CCCCC[C@H](O)/C=C/[C@H]1[C@H](O)CC(=O)[C@@H]1C/C=C\CCCC(=O)[O-].CCCCC[C@H](O)/C=C/[C@H]1[C@H](O)CC(=O)[C@@H]1CCCCCCC(=O)[O-].NC(=[NH2+])CCCC[C@H]([NH3+])C(=O)[O-].NC(=[NH2+])CCCC[C@H]([NH3+])C(=O)[O-].NC(=[NH2+])CCCC[C@H]([NH3+])C(=O)[O-]. The molecule has 15 atom stereocenters. The summed E-state index contributed by atoms with van der Waals surface area (Å²) in [4.78, 5) is 97.9. The summed E-state index contributed by atoms with van der Waals surface area (Å²) in [7, 11) is 0. The number of aliphatic hydroxyl groups is 6. The summed E-state index contributed by atoms with van der Waals surface area (Å²) < 4.78 is 0. The van der Waals surface area contributed by atoms with E-state index < -0.39 is 90.6 Å². The molecule has 0 aromatic heterocycles. The number of hydrogen-bond donors (Lipinski definition) is 15. The summed E-state index contributed by atoms with van der Waals surface area (Å²) in [5, 5.41) is 138. The standard InChI is InChI=1S/C20H34O5.2C20H32O5.3C7H15N3O2/c3*1-2-3-6-9-15(21)12-13-17-16(18(22)14-19(17)23)10-7-4-5-8-11-20(24)25;3*8-5(7(11)12)3-1-2-4-6(9)10/h12-13,15-17,19,21,23H,2-11,14H2,1H3,(H,24,25);4,7,12-13,15-17,19,21,23H,2-3,5-6,8-11,14H2,1H3,(H,24,25);4,7,12-13,15-18,21-22H,2-3,5-6,8-11,14H2,1H3,(H,24,25);3*5H,1-4,8H2,(H3,9,10)(H,11,12)/b13-12+;2*7-4-,13-12+;;;/t2*15-,16+,17+,19+;15-,16+,17+,18-;3*5-/m000000/s1. The first-order valence-electron chi connectivity index (χ1n) is 40.3. The molecule has 0 aromatic carbocycles. The molecule has 0 heterocycles. The maximum Gasteiger partial charge on any atom is 0.238 e. The van der Waals surface area contributed by atoms with E-state index in [0.29, 0.717) is 127 Å². The van der Waals surface area contributed by atoms with Gasteiger partial charge in [-0.15, -0.1) is 0 Å². The lowest BCUT2D eigenvalue weighted by molar-refractivity contribution is -0.438. The summed E-state index contributed by atoms with van der Waals surface area (Å²) in [6, 6.07) is -1.86. The van der Waals surface area contributed by atoms with Gasteiger partial charge in [0.2, 0.25) is 17.5 Å². The molecule has 0 unspecified atom stereocenters. The zero-order valence-electron chi connectivity index (χ0n) is 66.8. The zero-order chi connectivity index (χ0) is 84.7. The lowest BCUT2D eigenvalue weighted by atomic mass is 9.88. The van der Waals surface area contributed by atoms with E-state index in [-0.39, 0.29) is 91.4 Å². The number of allylic oxidation sites excluding steroid dienone is 5. The highest BCUT2D eigenvalue weighted by Gasteiger charge is 2.41. The Morgan fingerprint density at radius 3 is 1.08 bits per heavy atom. The number of ketones is 3. The number of carbonyl (C=O) groups is 9. The number of aliphatic carboxylic acids is 6. The number of carboxylic acid groups (broad SMARTS) is 6. The molecule has 27 N–H and O–H groups in total. The van der Waals surface area contributed by atoms with Crippen molar-refractivity contribution in [3.8, 4) is 0 Å². The van der Waals surface area contributed by atoms with Gasteiger partial charge in [0.25, 0.3) is 0 Å². The average molecular weight is 1580 g/mol. The summed E-state index contributed by atoms with van der Waals surface area (Å²) in [5.74, 6) is -6.54. The normalized spacial score (nSPS) is 21.0. The highest BCUT2D eigenvalue weighted by atomic mass is 16.4. The quantitative estimate of drug-likeness (QED) is 0.0117. The van der Waals surface area contributed by atoms with Crippen LogP contribution in [0.5, 0.6) is 0 Å². The molecule has 111 heavy (non-hydrogen) atoms. The van der Waals surface area contributed by atoms with Gasteiger partial charge in [-0.2, -0.15) is 0 Å². The number of aliphatic hydroxyl groups excluding tert-OH is 6. The fraction of sp³-hybridized carbons (Fsp3) is 0.728. The maximum absolute atomic E-state index is 12.1. The minimum atomic E-state index is -1.10. The topological polar surface area (TPSA) is 651 Å². The van der Waals surface area contributed by atoms with Crippen LogP contribution in [0, 0.1) is 35.5 Å². The van der Waals surface area contributed by atoms with E-state index >= 15 is 0 Å². The number of carboxylic acids is 6. The van der Waals surface area contributed by atoms with Gasteiger partial charge in [0.05, 0.1) is 54.5 Å². The summed E-state index contributed by atoms with van der Waals surface area (Å²) >= 11 is 0. The zero-order valence-corrected chi connectivity index (χ0v) is 66.8. The van der Waals surface area contributed by atoms with Crippen molar-refractivity contribution in [2.75, 3.05) is 0 Å². The van der Waals surface area contributed by atoms with Crippen molar-refractivity contribution in [2.24, 2.45) is 52.7 Å². The second-order valence-electron chi connectivity index (χ2n) is 29.4. The number of hydrogen-bond acceptors (Lipinski definition) is 21. The first-order chi connectivity index (χ1) is 52.5. The smallest absolute Gasteiger partial charge is 0.238 e. The van der Waals surface area contributed by atoms with Crippen molar-refractivity contribution in [1.29, 1.82) is 0 Å².